The monoisotopic (exact) mass is 395 g/mol. The molecule has 0 aliphatic heterocycles. The van der Waals surface area contributed by atoms with Crippen molar-refractivity contribution in [2.24, 2.45) is 0 Å². The van der Waals surface area contributed by atoms with Gasteiger partial charge in [-0.15, -0.1) is 5.10 Å². The number of amides is 1. The minimum atomic E-state index is -0.928. The zero-order valence-corrected chi connectivity index (χ0v) is 15.8. The molecule has 0 aliphatic carbocycles. The Bertz CT molecular complexity index is 1110. The molecular formula is C21H18FN3O4. The van der Waals surface area contributed by atoms with Gasteiger partial charge in [0.25, 0.3) is 11.5 Å². The van der Waals surface area contributed by atoms with E-state index in [4.69, 9.17) is 4.74 Å². The molecule has 7 nitrogen and oxygen atoms in total. The van der Waals surface area contributed by atoms with Gasteiger partial charge in [-0.2, -0.15) is 4.68 Å². The number of hydrogen-bond acceptors (Lipinski definition) is 5. The van der Waals surface area contributed by atoms with Crippen LogP contribution in [0.5, 0.6) is 5.88 Å². The van der Waals surface area contributed by atoms with Gasteiger partial charge in [-0.1, -0.05) is 12.1 Å². The van der Waals surface area contributed by atoms with E-state index in [2.05, 4.69) is 10.4 Å². The SMILES string of the molecule is CC(=O)c1cccc(NC(=O)[C@@H](C)Oc2ccc(=O)n(-c3ccc(F)cc3)n2)c1. The first-order valence-corrected chi connectivity index (χ1v) is 8.78. The number of ether oxygens (including phenoxy) is 1. The van der Waals surface area contributed by atoms with Crippen LogP contribution in [0, 0.1) is 5.82 Å². The van der Waals surface area contributed by atoms with Crippen LogP contribution in [0.3, 0.4) is 0 Å². The number of carbonyl (C=O) groups excluding carboxylic acids is 2. The number of Topliss-reactive ketones (excluding diaryl/α,β-unsaturated/α-hetero) is 1. The van der Waals surface area contributed by atoms with Gasteiger partial charge in [-0.05, 0) is 50.2 Å². The van der Waals surface area contributed by atoms with Crippen molar-refractivity contribution in [3.8, 4) is 11.6 Å². The Morgan fingerprint density at radius 1 is 1.10 bits per heavy atom. The summed E-state index contributed by atoms with van der Waals surface area (Å²) in [5, 5.41) is 6.74. The van der Waals surface area contributed by atoms with Gasteiger partial charge < -0.3 is 10.1 Å². The molecule has 8 heteroatoms. The Balaban J connectivity index is 1.74. The number of anilines is 1. The summed E-state index contributed by atoms with van der Waals surface area (Å²) >= 11 is 0. The molecule has 0 spiro atoms. The summed E-state index contributed by atoms with van der Waals surface area (Å²) in [6.45, 7) is 2.97. The maximum atomic E-state index is 13.1. The molecule has 0 radical (unpaired) electrons. The summed E-state index contributed by atoms with van der Waals surface area (Å²) in [5.74, 6) is -0.952. The lowest BCUT2D eigenvalue weighted by molar-refractivity contribution is -0.122. The van der Waals surface area contributed by atoms with E-state index < -0.39 is 23.4 Å². The lowest BCUT2D eigenvalue weighted by Gasteiger charge is -2.15. The molecule has 0 aliphatic rings. The molecule has 1 aromatic heterocycles. The summed E-state index contributed by atoms with van der Waals surface area (Å²) in [7, 11) is 0. The second kappa shape index (κ2) is 8.47. The van der Waals surface area contributed by atoms with Gasteiger partial charge in [0.2, 0.25) is 5.88 Å². The van der Waals surface area contributed by atoms with Gasteiger partial charge in [0.15, 0.2) is 11.9 Å². The first-order chi connectivity index (χ1) is 13.8. The van der Waals surface area contributed by atoms with Gasteiger partial charge in [0, 0.05) is 23.4 Å². The number of nitrogens with zero attached hydrogens (tertiary/aromatic N) is 2. The van der Waals surface area contributed by atoms with E-state index in [-0.39, 0.29) is 11.7 Å². The number of halogens is 1. The van der Waals surface area contributed by atoms with Crippen LogP contribution in [0.4, 0.5) is 10.1 Å². The van der Waals surface area contributed by atoms with Crippen molar-refractivity contribution < 1.29 is 18.7 Å². The van der Waals surface area contributed by atoms with Crippen molar-refractivity contribution in [1.82, 2.24) is 9.78 Å². The fourth-order valence-corrected chi connectivity index (χ4v) is 2.52. The van der Waals surface area contributed by atoms with E-state index in [1.54, 1.807) is 24.3 Å². The van der Waals surface area contributed by atoms with Crippen molar-refractivity contribution in [2.45, 2.75) is 20.0 Å². The Hall–Kier alpha value is -3.81. The van der Waals surface area contributed by atoms with Crippen molar-refractivity contribution in [2.75, 3.05) is 5.32 Å². The van der Waals surface area contributed by atoms with Gasteiger partial charge in [0.05, 0.1) is 5.69 Å². The fourth-order valence-electron chi connectivity index (χ4n) is 2.52. The molecule has 1 N–H and O–H groups in total. The topological polar surface area (TPSA) is 90.3 Å². The van der Waals surface area contributed by atoms with Crippen LogP contribution in [-0.2, 0) is 4.79 Å². The molecule has 1 heterocycles. The van der Waals surface area contributed by atoms with Crippen LogP contribution in [-0.4, -0.2) is 27.6 Å². The number of benzene rings is 2. The summed E-state index contributed by atoms with van der Waals surface area (Å²) < 4.78 is 19.7. The quantitative estimate of drug-likeness (QED) is 0.648. The van der Waals surface area contributed by atoms with Crippen LogP contribution in [0.15, 0.2) is 65.5 Å². The molecule has 0 saturated heterocycles. The van der Waals surface area contributed by atoms with Crippen molar-refractivity contribution in [3.05, 3.63) is 82.4 Å². The van der Waals surface area contributed by atoms with E-state index in [9.17, 15) is 18.8 Å². The van der Waals surface area contributed by atoms with Gasteiger partial charge in [0.1, 0.15) is 5.82 Å². The molecule has 29 heavy (non-hydrogen) atoms. The first-order valence-electron chi connectivity index (χ1n) is 8.78. The fraction of sp³-hybridized carbons (Fsp3) is 0.143. The number of rotatable bonds is 6. The van der Waals surface area contributed by atoms with Gasteiger partial charge in [-0.3, -0.25) is 14.4 Å². The third kappa shape index (κ3) is 4.92. The Labute approximate surface area is 165 Å². The lowest BCUT2D eigenvalue weighted by Crippen LogP contribution is -2.31. The molecular weight excluding hydrogens is 377 g/mol. The minimum Gasteiger partial charge on any atom is -0.463 e. The number of carbonyl (C=O) groups is 2. The average Bonchev–Trinajstić information content (AvgIpc) is 2.70. The Kier molecular flexibility index (Phi) is 5.82. The zero-order valence-electron chi connectivity index (χ0n) is 15.8. The second-order valence-corrected chi connectivity index (χ2v) is 6.28. The third-order valence-corrected chi connectivity index (χ3v) is 4.05. The smallest absolute Gasteiger partial charge is 0.271 e. The van der Waals surface area contributed by atoms with Crippen LogP contribution in [0.2, 0.25) is 0 Å². The van der Waals surface area contributed by atoms with Crippen molar-refractivity contribution in [1.29, 1.82) is 0 Å². The molecule has 148 valence electrons. The van der Waals surface area contributed by atoms with Crippen molar-refractivity contribution >= 4 is 17.4 Å². The maximum absolute atomic E-state index is 13.1. The number of hydrogen-bond donors (Lipinski definition) is 1. The maximum Gasteiger partial charge on any atom is 0.271 e. The predicted octanol–water partition coefficient (Wildman–Crippen LogP) is 2.98. The molecule has 3 rings (SSSR count). The van der Waals surface area contributed by atoms with Crippen molar-refractivity contribution in [3.63, 3.8) is 0 Å². The van der Waals surface area contributed by atoms with E-state index in [0.717, 1.165) is 4.68 Å². The molecule has 0 unspecified atom stereocenters. The molecule has 0 fully saturated rings. The number of ketones is 1. The number of nitrogens with one attached hydrogen (secondary N) is 1. The average molecular weight is 395 g/mol. The van der Waals surface area contributed by atoms with E-state index in [1.807, 2.05) is 0 Å². The van der Waals surface area contributed by atoms with E-state index in [1.165, 1.54) is 50.2 Å². The van der Waals surface area contributed by atoms with Crippen LogP contribution >= 0.6 is 0 Å². The molecule has 1 atom stereocenters. The van der Waals surface area contributed by atoms with E-state index >= 15 is 0 Å². The Morgan fingerprint density at radius 3 is 2.52 bits per heavy atom. The highest BCUT2D eigenvalue weighted by Gasteiger charge is 2.17. The largest absolute Gasteiger partial charge is 0.463 e. The van der Waals surface area contributed by atoms with Crippen LogP contribution in [0.25, 0.3) is 5.69 Å². The summed E-state index contributed by atoms with van der Waals surface area (Å²) in [5.41, 5.74) is 0.869. The van der Waals surface area contributed by atoms with Crippen LogP contribution in [0.1, 0.15) is 24.2 Å². The zero-order chi connectivity index (χ0) is 21.0. The standard InChI is InChI=1S/C21H18FN3O4/c1-13(26)15-4-3-5-17(12-15)23-21(28)14(2)29-19-10-11-20(27)25(24-19)18-8-6-16(22)7-9-18/h3-12,14H,1-2H3,(H,23,28)/t14-/m1/s1. The molecule has 1 amide bonds. The Morgan fingerprint density at radius 2 is 1.83 bits per heavy atom. The molecule has 2 aromatic carbocycles. The molecule has 0 saturated carbocycles. The second-order valence-electron chi connectivity index (χ2n) is 6.28. The van der Waals surface area contributed by atoms with Gasteiger partial charge in [-0.25, -0.2) is 4.39 Å². The van der Waals surface area contributed by atoms with Crippen LogP contribution < -0.4 is 15.6 Å². The normalized spacial score (nSPS) is 11.6. The summed E-state index contributed by atoms with van der Waals surface area (Å²) in [6.07, 6.45) is -0.928. The summed E-state index contributed by atoms with van der Waals surface area (Å²) in [4.78, 5) is 35.9. The first kappa shape index (κ1) is 19.9. The highest BCUT2D eigenvalue weighted by Crippen LogP contribution is 2.14. The number of aromatic nitrogens is 2. The molecule has 3 aromatic rings. The predicted molar refractivity (Wildman–Crippen MR) is 105 cm³/mol. The van der Waals surface area contributed by atoms with E-state index in [0.29, 0.717) is 16.9 Å². The summed E-state index contributed by atoms with van der Waals surface area (Å²) in [6, 6.07) is 14.4. The lowest BCUT2D eigenvalue weighted by atomic mass is 10.1. The van der Waals surface area contributed by atoms with Gasteiger partial charge >= 0.3 is 0 Å². The highest BCUT2D eigenvalue weighted by molar-refractivity contribution is 5.98. The third-order valence-electron chi connectivity index (χ3n) is 4.05. The highest BCUT2D eigenvalue weighted by atomic mass is 19.1. The molecule has 0 bridgehead atoms. The minimum absolute atomic E-state index is 0.0501.